The standard InChI is InChI=1S/C23H27F2N3O4.HI/c1-26-22(28-14-23(7-9-29-10-8-23)17-5-3-2-4-6-17)27-13-16-11-19-20(31-15-30-19)12-18(16)32-21(24)25;/h2-6,11-12,21H,7-10,13-15H2,1H3,(H2,26,27,28);1H. The van der Waals surface area contributed by atoms with Gasteiger partial charge in [-0.2, -0.15) is 8.78 Å². The minimum atomic E-state index is -2.94. The lowest BCUT2D eigenvalue weighted by atomic mass is 9.74. The Hall–Kier alpha value is -2.34. The fraction of sp³-hybridized carbons (Fsp3) is 0.435. The van der Waals surface area contributed by atoms with Crippen LogP contribution in [0.3, 0.4) is 0 Å². The Bertz CT molecular complexity index is 941. The van der Waals surface area contributed by atoms with Gasteiger partial charge >= 0.3 is 6.61 Å². The molecular weight excluding hydrogens is 547 g/mol. The highest BCUT2D eigenvalue weighted by molar-refractivity contribution is 14.0. The predicted octanol–water partition coefficient (Wildman–Crippen LogP) is 4.05. The summed E-state index contributed by atoms with van der Waals surface area (Å²) < 4.78 is 46.7. The van der Waals surface area contributed by atoms with Crippen molar-refractivity contribution < 1.29 is 27.7 Å². The maximum absolute atomic E-state index is 12.9. The number of hydrogen-bond donors (Lipinski definition) is 2. The first-order valence-electron chi connectivity index (χ1n) is 10.5. The summed E-state index contributed by atoms with van der Waals surface area (Å²) in [5.41, 5.74) is 1.70. The molecular formula is C23H28F2IN3O4. The molecule has 4 rings (SSSR count). The summed E-state index contributed by atoms with van der Waals surface area (Å²) in [5.74, 6) is 1.48. The van der Waals surface area contributed by atoms with Crippen molar-refractivity contribution in [2.75, 3.05) is 33.6 Å². The third kappa shape index (κ3) is 6.17. The van der Waals surface area contributed by atoms with Crippen LogP contribution in [-0.4, -0.2) is 46.2 Å². The quantitative estimate of drug-likeness (QED) is 0.295. The van der Waals surface area contributed by atoms with Crippen molar-refractivity contribution in [1.82, 2.24) is 10.6 Å². The number of halogens is 3. The van der Waals surface area contributed by atoms with Gasteiger partial charge in [0.25, 0.3) is 0 Å². The summed E-state index contributed by atoms with van der Waals surface area (Å²) in [5, 5.41) is 6.58. The van der Waals surface area contributed by atoms with E-state index in [4.69, 9.17) is 14.2 Å². The van der Waals surface area contributed by atoms with Gasteiger partial charge in [-0.25, -0.2) is 0 Å². The molecule has 0 bridgehead atoms. The number of aliphatic imine (C=N–C) groups is 1. The third-order valence-electron chi connectivity index (χ3n) is 5.87. The normalized spacial score (nSPS) is 16.8. The summed E-state index contributed by atoms with van der Waals surface area (Å²) in [6, 6.07) is 13.5. The van der Waals surface area contributed by atoms with Crippen molar-refractivity contribution in [1.29, 1.82) is 0 Å². The fourth-order valence-corrected chi connectivity index (χ4v) is 4.08. The molecule has 0 amide bonds. The molecule has 2 heterocycles. The second-order valence-corrected chi connectivity index (χ2v) is 7.73. The zero-order valence-electron chi connectivity index (χ0n) is 18.3. The Morgan fingerprint density at radius 3 is 2.45 bits per heavy atom. The number of nitrogens with one attached hydrogen (secondary N) is 2. The molecule has 7 nitrogen and oxygen atoms in total. The molecule has 0 unspecified atom stereocenters. The van der Waals surface area contributed by atoms with Crippen LogP contribution < -0.4 is 24.8 Å². The van der Waals surface area contributed by atoms with E-state index in [0.717, 1.165) is 12.8 Å². The molecule has 2 aromatic carbocycles. The van der Waals surface area contributed by atoms with Gasteiger partial charge in [0.15, 0.2) is 17.5 Å². The molecule has 2 aliphatic heterocycles. The van der Waals surface area contributed by atoms with Gasteiger partial charge in [-0.1, -0.05) is 30.3 Å². The van der Waals surface area contributed by atoms with Crippen LogP contribution in [0.1, 0.15) is 24.0 Å². The topological polar surface area (TPSA) is 73.3 Å². The molecule has 1 fully saturated rings. The lowest BCUT2D eigenvalue weighted by Crippen LogP contribution is -2.47. The molecule has 0 saturated carbocycles. The summed E-state index contributed by atoms with van der Waals surface area (Å²) in [6.45, 7) is -0.593. The zero-order valence-corrected chi connectivity index (χ0v) is 20.6. The van der Waals surface area contributed by atoms with Crippen molar-refractivity contribution in [2.24, 2.45) is 4.99 Å². The summed E-state index contributed by atoms with van der Waals surface area (Å²) in [4.78, 5) is 4.29. The number of hydrogen-bond acceptors (Lipinski definition) is 5. The molecule has 0 aromatic heterocycles. The molecule has 0 radical (unpaired) electrons. The SMILES string of the molecule is CN=C(NCc1cc2c(cc1OC(F)F)OCO2)NCC1(c2ccccc2)CCOCC1.I. The molecule has 0 spiro atoms. The zero-order chi connectivity index (χ0) is 22.4. The van der Waals surface area contributed by atoms with Gasteiger partial charge in [0.2, 0.25) is 6.79 Å². The van der Waals surface area contributed by atoms with Crippen LogP contribution in [0.25, 0.3) is 0 Å². The average Bonchev–Trinajstić information content (AvgIpc) is 3.27. The first-order valence-corrected chi connectivity index (χ1v) is 10.5. The highest BCUT2D eigenvalue weighted by Crippen LogP contribution is 2.39. The lowest BCUT2D eigenvalue weighted by Gasteiger charge is -2.38. The Morgan fingerprint density at radius 2 is 1.79 bits per heavy atom. The van der Waals surface area contributed by atoms with Crippen LogP contribution in [0.15, 0.2) is 47.5 Å². The smallest absolute Gasteiger partial charge is 0.387 e. The summed E-state index contributed by atoms with van der Waals surface area (Å²) in [6.07, 6.45) is 1.80. The van der Waals surface area contributed by atoms with E-state index in [2.05, 4.69) is 32.5 Å². The minimum Gasteiger partial charge on any atom is -0.454 e. The van der Waals surface area contributed by atoms with E-state index < -0.39 is 6.61 Å². The van der Waals surface area contributed by atoms with Gasteiger partial charge in [-0.3, -0.25) is 4.99 Å². The molecule has 2 aromatic rings. The van der Waals surface area contributed by atoms with E-state index in [0.29, 0.717) is 42.8 Å². The van der Waals surface area contributed by atoms with E-state index in [-0.39, 0.29) is 48.5 Å². The number of nitrogens with zero attached hydrogens (tertiary/aromatic N) is 1. The van der Waals surface area contributed by atoms with Crippen LogP contribution in [0, 0.1) is 0 Å². The Balaban J connectivity index is 0.00000306. The maximum Gasteiger partial charge on any atom is 0.387 e. The number of benzene rings is 2. The third-order valence-corrected chi connectivity index (χ3v) is 5.87. The first kappa shape index (κ1) is 25.3. The number of alkyl halides is 2. The highest BCUT2D eigenvalue weighted by atomic mass is 127. The van der Waals surface area contributed by atoms with Gasteiger partial charge in [0.05, 0.1) is 0 Å². The average molecular weight is 575 g/mol. The van der Waals surface area contributed by atoms with Gasteiger partial charge in [-0.15, -0.1) is 24.0 Å². The van der Waals surface area contributed by atoms with Crippen LogP contribution in [-0.2, 0) is 16.7 Å². The predicted molar refractivity (Wildman–Crippen MR) is 131 cm³/mol. The van der Waals surface area contributed by atoms with Gasteiger partial charge < -0.3 is 29.6 Å². The van der Waals surface area contributed by atoms with E-state index in [9.17, 15) is 8.78 Å². The monoisotopic (exact) mass is 575 g/mol. The largest absolute Gasteiger partial charge is 0.454 e. The second kappa shape index (κ2) is 11.7. The van der Waals surface area contributed by atoms with Gasteiger partial charge in [0.1, 0.15) is 5.75 Å². The number of ether oxygens (including phenoxy) is 4. The van der Waals surface area contributed by atoms with Crippen molar-refractivity contribution in [3.05, 3.63) is 53.6 Å². The fourth-order valence-electron chi connectivity index (χ4n) is 4.08. The maximum atomic E-state index is 12.9. The van der Waals surface area contributed by atoms with Crippen molar-refractivity contribution in [2.45, 2.75) is 31.4 Å². The summed E-state index contributed by atoms with van der Waals surface area (Å²) >= 11 is 0. The Kier molecular flexibility index (Phi) is 8.95. The lowest BCUT2D eigenvalue weighted by molar-refractivity contribution is -0.0505. The summed E-state index contributed by atoms with van der Waals surface area (Å²) in [7, 11) is 1.67. The number of fused-ring (bicyclic) bond motifs is 1. The van der Waals surface area contributed by atoms with E-state index in [1.165, 1.54) is 11.6 Å². The Labute approximate surface area is 208 Å². The van der Waals surface area contributed by atoms with E-state index in [1.807, 2.05) is 18.2 Å². The van der Waals surface area contributed by atoms with Gasteiger partial charge in [0, 0.05) is 50.4 Å². The molecule has 1 saturated heterocycles. The highest BCUT2D eigenvalue weighted by Gasteiger charge is 2.34. The van der Waals surface area contributed by atoms with Crippen LogP contribution in [0.2, 0.25) is 0 Å². The number of guanidine groups is 1. The van der Waals surface area contributed by atoms with Crippen molar-refractivity contribution in [3.63, 3.8) is 0 Å². The first-order chi connectivity index (χ1) is 15.6. The molecule has 2 N–H and O–H groups in total. The van der Waals surface area contributed by atoms with Crippen LogP contribution in [0.5, 0.6) is 17.2 Å². The van der Waals surface area contributed by atoms with Crippen molar-refractivity contribution >= 4 is 29.9 Å². The molecule has 2 aliphatic rings. The molecule has 33 heavy (non-hydrogen) atoms. The van der Waals surface area contributed by atoms with Crippen LogP contribution >= 0.6 is 24.0 Å². The Morgan fingerprint density at radius 1 is 1.09 bits per heavy atom. The van der Waals surface area contributed by atoms with E-state index in [1.54, 1.807) is 13.1 Å². The minimum absolute atomic E-state index is 0. The van der Waals surface area contributed by atoms with Crippen molar-refractivity contribution in [3.8, 4) is 17.2 Å². The van der Waals surface area contributed by atoms with Gasteiger partial charge in [-0.05, 0) is 24.5 Å². The number of rotatable bonds is 7. The molecule has 10 heteroatoms. The van der Waals surface area contributed by atoms with E-state index >= 15 is 0 Å². The molecule has 180 valence electrons. The molecule has 0 aliphatic carbocycles. The van der Waals surface area contributed by atoms with Crippen LogP contribution in [0.4, 0.5) is 8.78 Å². The molecule has 0 atom stereocenters. The second-order valence-electron chi connectivity index (χ2n) is 7.73.